The smallest absolute Gasteiger partial charge is 0.0165 e. The predicted octanol–water partition coefficient (Wildman–Crippen LogP) is 0.453. The molecule has 0 aliphatic rings. The first-order valence-corrected chi connectivity index (χ1v) is 4.78. The van der Waals surface area contributed by atoms with E-state index in [1.165, 1.54) is 0 Å². The maximum Gasteiger partial charge on any atom is 0.0165 e. The Labute approximate surface area is 71.1 Å². The van der Waals surface area contributed by atoms with Crippen molar-refractivity contribution in [3.63, 3.8) is 0 Å². The van der Waals surface area contributed by atoms with Gasteiger partial charge in [0.1, 0.15) is 0 Å². The molecule has 11 heavy (non-hydrogen) atoms. The molecule has 0 aromatic heterocycles. The lowest BCUT2D eigenvalue weighted by atomic mass is 9.96. The summed E-state index contributed by atoms with van der Waals surface area (Å²) in [7, 11) is 3.88. The van der Waals surface area contributed by atoms with Crippen LogP contribution >= 0.6 is 0 Å². The first-order chi connectivity index (χ1) is 4.83. The molecule has 1 unspecified atom stereocenters. The van der Waals surface area contributed by atoms with E-state index in [0.717, 1.165) is 6.54 Å². The molecule has 0 fully saturated rings. The molecular formula is C7H16NO2S-. The van der Waals surface area contributed by atoms with Crippen molar-refractivity contribution in [3.05, 3.63) is 0 Å². The highest BCUT2D eigenvalue weighted by molar-refractivity contribution is 7.79. The quantitative estimate of drug-likeness (QED) is 0.587. The Bertz CT molecular complexity index is 145. The van der Waals surface area contributed by atoms with Gasteiger partial charge in [-0.2, -0.15) is 0 Å². The Balaban J connectivity index is 3.89. The van der Waals surface area contributed by atoms with E-state index in [2.05, 4.69) is 0 Å². The molecule has 0 spiro atoms. The van der Waals surface area contributed by atoms with E-state index in [4.69, 9.17) is 0 Å². The Morgan fingerprint density at radius 3 is 2.18 bits per heavy atom. The molecule has 68 valence electrons. The number of hydrogen-bond donors (Lipinski definition) is 0. The zero-order valence-electron chi connectivity index (χ0n) is 7.59. The number of nitrogens with zero attached hydrogens (tertiary/aromatic N) is 1. The Hall–Kier alpha value is 0.0700. The van der Waals surface area contributed by atoms with Gasteiger partial charge in [-0.15, -0.1) is 0 Å². The van der Waals surface area contributed by atoms with Crippen molar-refractivity contribution in [2.75, 3.05) is 26.4 Å². The molecule has 0 bridgehead atoms. The van der Waals surface area contributed by atoms with Crippen molar-refractivity contribution in [3.8, 4) is 0 Å². The summed E-state index contributed by atoms with van der Waals surface area (Å²) in [4.78, 5) is 1.99. The standard InChI is InChI=1S/C7H17NO2S/c1-7(2,5-8(3)4)6-11(9)10/h5-6H2,1-4H3,(H,9,10)/p-1. The van der Waals surface area contributed by atoms with Crippen molar-refractivity contribution >= 4 is 11.1 Å². The molecule has 0 saturated heterocycles. The van der Waals surface area contributed by atoms with Crippen LogP contribution in [0.15, 0.2) is 0 Å². The van der Waals surface area contributed by atoms with Crippen LogP contribution in [0.25, 0.3) is 0 Å². The first kappa shape index (κ1) is 11.1. The summed E-state index contributed by atoms with van der Waals surface area (Å²) in [6.45, 7) is 4.69. The average Bonchev–Trinajstić information content (AvgIpc) is 1.53. The van der Waals surface area contributed by atoms with Crippen LogP contribution in [0.2, 0.25) is 0 Å². The summed E-state index contributed by atoms with van der Waals surface area (Å²) in [6, 6.07) is 0. The minimum atomic E-state index is -1.93. The fourth-order valence-electron chi connectivity index (χ4n) is 1.22. The van der Waals surface area contributed by atoms with Gasteiger partial charge in [0.15, 0.2) is 0 Å². The summed E-state index contributed by atoms with van der Waals surface area (Å²) in [5.74, 6) is 0.227. The van der Waals surface area contributed by atoms with Gasteiger partial charge < -0.3 is 9.45 Å². The van der Waals surface area contributed by atoms with Gasteiger partial charge in [0.2, 0.25) is 0 Å². The van der Waals surface area contributed by atoms with Crippen LogP contribution < -0.4 is 0 Å². The largest absolute Gasteiger partial charge is 0.772 e. The molecule has 0 N–H and O–H groups in total. The van der Waals surface area contributed by atoms with Gasteiger partial charge in [0, 0.05) is 12.3 Å². The molecule has 4 heteroatoms. The van der Waals surface area contributed by atoms with Crippen LogP contribution in [0, 0.1) is 5.41 Å². The summed E-state index contributed by atoms with van der Waals surface area (Å²) in [5, 5.41) is 0. The van der Waals surface area contributed by atoms with Gasteiger partial charge in [-0.25, -0.2) is 0 Å². The summed E-state index contributed by atoms with van der Waals surface area (Å²) in [6.07, 6.45) is 0. The lowest BCUT2D eigenvalue weighted by Gasteiger charge is -2.28. The Morgan fingerprint density at radius 2 is 1.91 bits per heavy atom. The highest BCUT2D eigenvalue weighted by Crippen LogP contribution is 2.16. The van der Waals surface area contributed by atoms with Crippen molar-refractivity contribution < 1.29 is 8.76 Å². The van der Waals surface area contributed by atoms with E-state index in [0.29, 0.717) is 0 Å². The summed E-state index contributed by atoms with van der Waals surface area (Å²) >= 11 is -1.93. The van der Waals surface area contributed by atoms with Crippen molar-refractivity contribution in [1.82, 2.24) is 4.90 Å². The third-order valence-electron chi connectivity index (χ3n) is 1.25. The minimum absolute atomic E-state index is 0.143. The molecule has 0 aromatic rings. The van der Waals surface area contributed by atoms with Gasteiger partial charge >= 0.3 is 0 Å². The second-order valence-corrected chi connectivity index (χ2v) is 4.75. The van der Waals surface area contributed by atoms with Gasteiger partial charge in [-0.05, 0) is 19.5 Å². The fourth-order valence-corrected chi connectivity index (χ4v) is 1.95. The third-order valence-corrected chi connectivity index (χ3v) is 2.27. The minimum Gasteiger partial charge on any atom is -0.772 e. The highest BCUT2D eigenvalue weighted by Gasteiger charge is 2.18. The topological polar surface area (TPSA) is 43.4 Å². The van der Waals surface area contributed by atoms with Gasteiger partial charge in [0.25, 0.3) is 0 Å². The zero-order chi connectivity index (χ0) is 9.07. The zero-order valence-corrected chi connectivity index (χ0v) is 8.40. The van der Waals surface area contributed by atoms with Crippen LogP contribution in [0.5, 0.6) is 0 Å². The van der Waals surface area contributed by atoms with Crippen LogP contribution in [0.4, 0.5) is 0 Å². The van der Waals surface area contributed by atoms with E-state index in [1.54, 1.807) is 0 Å². The van der Waals surface area contributed by atoms with Crippen molar-refractivity contribution in [1.29, 1.82) is 0 Å². The lowest BCUT2D eigenvalue weighted by molar-refractivity contribution is 0.264. The number of hydrogen-bond acceptors (Lipinski definition) is 3. The molecular weight excluding hydrogens is 162 g/mol. The molecule has 3 nitrogen and oxygen atoms in total. The lowest BCUT2D eigenvalue weighted by Crippen LogP contribution is -2.32. The monoisotopic (exact) mass is 178 g/mol. The molecule has 0 rings (SSSR count). The SMILES string of the molecule is CN(C)CC(C)(C)CS(=O)[O-]. The molecule has 0 amide bonds. The van der Waals surface area contributed by atoms with Crippen LogP contribution in [-0.4, -0.2) is 40.1 Å². The predicted molar refractivity (Wildman–Crippen MR) is 46.1 cm³/mol. The van der Waals surface area contributed by atoms with Gasteiger partial charge in [-0.3, -0.25) is 4.21 Å². The van der Waals surface area contributed by atoms with Crippen LogP contribution in [0.3, 0.4) is 0 Å². The summed E-state index contributed by atoms with van der Waals surface area (Å²) in [5.41, 5.74) is -0.143. The average molecular weight is 178 g/mol. The molecule has 0 aromatic carbocycles. The second kappa shape index (κ2) is 4.18. The van der Waals surface area contributed by atoms with E-state index < -0.39 is 11.1 Å². The Morgan fingerprint density at radius 1 is 1.45 bits per heavy atom. The fraction of sp³-hybridized carbons (Fsp3) is 1.00. The normalized spacial score (nSPS) is 15.5. The van der Waals surface area contributed by atoms with E-state index in [-0.39, 0.29) is 11.2 Å². The number of rotatable bonds is 4. The van der Waals surface area contributed by atoms with E-state index >= 15 is 0 Å². The molecule has 0 aliphatic heterocycles. The first-order valence-electron chi connectivity index (χ1n) is 3.54. The second-order valence-electron chi connectivity index (χ2n) is 3.85. The highest BCUT2D eigenvalue weighted by atomic mass is 32.2. The van der Waals surface area contributed by atoms with Crippen molar-refractivity contribution in [2.24, 2.45) is 5.41 Å². The van der Waals surface area contributed by atoms with E-state index in [1.807, 2.05) is 32.8 Å². The van der Waals surface area contributed by atoms with Crippen molar-refractivity contribution in [2.45, 2.75) is 13.8 Å². The maximum absolute atomic E-state index is 10.4. The third kappa shape index (κ3) is 6.47. The maximum atomic E-state index is 10.4. The molecule has 1 atom stereocenters. The Kier molecular flexibility index (Phi) is 4.21. The molecule has 0 saturated carbocycles. The summed E-state index contributed by atoms with van der Waals surface area (Å²) < 4.78 is 20.8. The molecule has 0 aliphatic carbocycles. The van der Waals surface area contributed by atoms with Gasteiger partial charge in [-0.1, -0.05) is 24.9 Å². The van der Waals surface area contributed by atoms with Crippen LogP contribution in [-0.2, 0) is 11.1 Å². The van der Waals surface area contributed by atoms with E-state index in [9.17, 15) is 8.76 Å². The van der Waals surface area contributed by atoms with Crippen LogP contribution in [0.1, 0.15) is 13.8 Å². The molecule has 0 heterocycles. The molecule has 0 radical (unpaired) electrons. The van der Waals surface area contributed by atoms with Gasteiger partial charge in [0.05, 0.1) is 0 Å².